The number of aryl methyl sites for hydroxylation is 2. The van der Waals surface area contributed by atoms with Crippen LogP contribution in [0.5, 0.6) is 0 Å². The predicted molar refractivity (Wildman–Crippen MR) is 95.6 cm³/mol. The minimum atomic E-state index is -0.472. The largest absolute Gasteiger partial charge is 0.324 e. The van der Waals surface area contributed by atoms with E-state index in [0.29, 0.717) is 16.6 Å². The van der Waals surface area contributed by atoms with Gasteiger partial charge in [-0.2, -0.15) is 4.98 Å². The molecule has 0 bridgehead atoms. The van der Waals surface area contributed by atoms with Crippen LogP contribution in [0, 0.1) is 19.7 Å². The molecule has 130 valence electrons. The number of nitrogens with one attached hydrogen (secondary N) is 1. The molecule has 0 aliphatic heterocycles. The molecule has 3 rings (SSSR count). The van der Waals surface area contributed by atoms with E-state index in [1.165, 1.54) is 23.9 Å². The topological polar surface area (TPSA) is 72.2 Å². The molecule has 6 nitrogen and oxygen atoms in total. The maximum Gasteiger partial charge on any atom is 0.253 e. The number of anilines is 1. The highest BCUT2D eigenvalue weighted by Crippen LogP contribution is 2.25. The Morgan fingerprint density at radius 2 is 2.08 bits per heavy atom. The number of benzene rings is 1. The molecule has 2 heterocycles. The number of aromatic nitrogens is 4. The number of carbonyl (C=O) groups is 1. The summed E-state index contributed by atoms with van der Waals surface area (Å²) in [7, 11) is 0. The lowest BCUT2D eigenvalue weighted by atomic mass is 10.3. The van der Waals surface area contributed by atoms with Crippen molar-refractivity contribution in [3.05, 3.63) is 46.5 Å². The molecule has 0 spiro atoms. The Kier molecular flexibility index (Phi) is 4.91. The van der Waals surface area contributed by atoms with Crippen molar-refractivity contribution in [3.63, 3.8) is 0 Å². The molecule has 0 radical (unpaired) electrons. The molecule has 0 fully saturated rings. The normalized spacial score (nSPS) is 12.4. The third-order valence-electron chi connectivity index (χ3n) is 3.44. The van der Waals surface area contributed by atoms with Gasteiger partial charge >= 0.3 is 0 Å². The zero-order valence-corrected chi connectivity index (χ0v) is 15.3. The van der Waals surface area contributed by atoms with Crippen LogP contribution in [0.4, 0.5) is 10.1 Å². The molecular formula is C16H15ClFN5OS. The number of amides is 1. The molecule has 0 saturated carbocycles. The Balaban J connectivity index is 1.74. The van der Waals surface area contributed by atoms with E-state index < -0.39 is 11.1 Å². The fourth-order valence-corrected chi connectivity index (χ4v) is 3.19. The standard InChI is InChI=1S/C16H15ClFN5OS/c1-8-6-9(2)23-15(19-8)21-16(22-23)25-10(3)14(24)20-13-5-4-11(18)7-12(13)17/h4-7,10H,1-3H3,(H,20,24)/t10-/m0/s1. The first-order valence-electron chi connectivity index (χ1n) is 7.47. The van der Waals surface area contributed by atoms with Crippen molar-refractivity contribution in [1.29, 1.82) is 0 Å². The second kappa shape index (κ2) is 6.97. The quantitative estimate of drug-likeness (QED) is 0.700. The molecule has 2 aromatic heterocycles. The van der Waals surface area contributed by atoms with Crippen LogP contribution in [0.3, 0.4) is 0 Å². The summed E-state index contributed by atoms with van der Waals surface area (Å²) < 4.78 is 14.7. The molecule has 9 heteroatoms. The Morgan fingerprint density at radius 1 is 1.32 bits per heavy atom. The summed E-state index contributed by atoms with van der Waals surface area (Å²) in [5.74, 6) is -0.245. The summed E-state index contributed by atoms with van der Waals surface area (Å²) in [6.07, 6.45) is 0. The number of fused-ring (bicyclic) bond motifs is 1. The molecule has 1 atom stereocenters. The first-order valence-corrected chi connectivity index (χ1v) is 8.73. The van der Waals surface area contributed by atoms with E-state index in [9.17, 15) is 9.18 Å². The zero-order valence-electron chi connectivity index (χ0n) is 13.7. The summed E-state index contributed by atoms with van der Waals surface area (Å²) in [6, 6.07) is 5.71. The van der Waals surface area contributed by atoms with E-state index in [2.05, 4.69) is 20.4 Å². The van der Waals surface area contributed by atoms with Crippen molar-refractivity contribution >= 4 is 40.7 Å². The lowest BCUT2D eigenvalue weighted by molar-refractivity contribution is -0.115. The zero-order chi connectivity index (χ0) is 18.1. The van der Waals surface area contributed by atoms with Gasteiger partial charge in [-0.05, 0) is 45.0 Å². The number of rotatable bonds is 4. The Labute approximate surface area is 152 Å². The molecule has 3 aromatic rings. The highest BCUT2D eigenvalue weighted by Gasteiger charge is 2.19. The summed E-state index contributed by atoms with van der Waals surface area (Å²) in [5.41, 5.74) is 2.12. The fourth-order valence-electron chi connectivity index (χ4n) is 2.23. The van der Waals surface area contributed by atoms with Gasteiger partial charge in [-0.3, -0.25) is 4.79 Å². The van der Waals surface area contributed by atoms with Gasteiger partial charge in [0.1, 0.15) is 5.82 Å². The summed E-state index contributed by atoms with van der Waals surface area (Å²) >= 11 is 7.13. The van der Waals surface area contributed by atoms with Gasteiger partial charge in [-0.1, -0.05) is 23.4 Å². The third-order valence-corrected chi connectivity index (χ3v) is 4.70. The van der Waals surface area contributed by atoms with Crippen LogP contribution < -0.4 is 5.32 Å². The molecule has 0 aliphatic carbocycles. The van der Waals surface area contributed by atoms with Crippen molar-refractivity contribution in [1.82, 2.24) is 19.6 Å². The van der Waals surface area contributed by atoms with Crippen LogP contribution in [0.25, 0.3) is 5.78 Å². The Morgan fingerprint density at radius 3 is 2.80 bits per heavy atom. The minimum absolute atomic E-state index is 0.145. The van der Waals surface area contributed by atoms with Gasteiger partial charge in [0.25, 0.3) is 5.78 Å². The lowest BCUT2D eigenvalue weighted by Gasteiger charge is -2.11. The molecular weight excluding hydrogens is 365 g/mol. The van der Waals surface area contributed by atoms with E-state index in [-0.39, 0.29) is 10.9 Å². The highest BCUT2D eigenvalue weighted by molar-refractivity contribution is 8.00. The Bertz CT molecular complexity index is 961. The first kappa shape index (κ1) is 17.6. The Hall–Kier alpha value is -2.19. The number of thioether (sulfide) groups is 1. The van der Waals surface area contributed by atoms with Gasteiger partial charge in [0.15, 0.2) is 0 Å². The number of halogens is 2. The van der Waals surface area contributed by atoms with Crippen molar-refractivity contribution < 1.29 is 9.18 Å². The van der Waals surface area contributed by atoms with Crippen LogP contribution in [-0.2, 0) is 4.79 Å². The van der Waals surface area contributed by atoms with Crippen LogP contribution in [0.1, 0.15) is 18.3 Å². The average Bonchev–Trinajstić information content (AvgIpc) is 2.92. The second-order valence-corrected chi connectivity index (χ2v) is 7.23. The molecule has 25 heavy (non-hydrogen) atoms. The molecule has 0 aliphatic rings. The maximum absolute atomic E-state index is 13.1. The first-order chi connectivity index (χ1) is 11.8. The van der Waals surface area contributed by atoms with Crippen molar-refractivity contribution in [3.8, 4) is 0 Å². The van der Waals surface area contributed by atoms with Gasteiger partial charge in [0.2, 0.25) is 11.1 Å². The van der Waals surface area contributed by atoms with Crippen LogP contribution in [-0.4, -0.2) is 30.7 Å². The lowest BCUT2D eigenvalue weighted by Crippen LogP contribution is -2.22. The van der Waals surface area contributed by atoms with Gasteiger partial charge in [0.05, 0.1) is 16.0 Å². The smallest absolute Gasteiger partial charge is 0.253 e. The van der Waals surface area contributed by atoms with E-state index in [4.69, 9.17) is 11.6 Å². The van der Waals surface area contributed by atoms with Crippen molar-refractivity contribution in [2.75, 3.05) is 5.32 Å². The minimum Gasteiger partial charge on any atom is -0.324 e. The van der Waals surface area contributed by atoms with Gasteiger partial charge in [-0.15, -0.1) is 5.10 Å². The number of hydrogen-bond acceptors (Lipinski definition) is 5. The summed E-state index contributed by atoms with van der Waals surface area (Å²) in [4.78, 5) is 21.0. The molecule has 0 unspecified atom stereocenters. The van der Waals surface area contributed by atoms with E-state index in [1.54, 1.807) is 11.4 Å². The predicted octanol–water partition coefficient (Wildman–Crippen LogP) is 3.65. The average molecular weight is 380 g/mol. The molecule has 1 amide bonds. The van der Waals surface area contributed by atoms with Crippen LogP contribution >= 0.6 is 23.4 Å². The maximum atomic E-state index is 13.1. The fraction of sp³-hybridized carbons (Fsp3) is 0.250. The van der Waals surface area contributed by atoms with E-state index in [0.717, 1.165) is 17.5 Å². The third kappa shape index (κ3) is 3.91. The van der Waals surface area contributed by atoms with E-state index in [1.807, 2.05) is 19.9 Å². The number of carbonyl (C=O) groups excluding carboxylic acids is 1. The van der Waals surface area contributed by atoms with E-state index >= 15 is 0 Å². The summed E-state index contributed by atoms with van der Waals surface area (Å²) in [6.45, 7) is 5.53. The van der Waals surface area contributed by atoms with Gasteiger partial charge < -0.3 is 5.32 Å². The SMILES string of the molecule is Cc1cc(C)n2nc(S[C@@H](C)C(=O)Nc3ccc(F)cc3Cl)nc2n1. The highest BCUT2D eigenvalue weighted by atomic mass is 35.5. The monoisotopic (exact) mass is 379 g/mol. The van der Waals surface area contributed by atoms with Crippen molar-refractivity contribution in [2.45, 2.75) is 31.2 Å². The molecule has 1 N–H and O–H groups in total. The molecule has 0 saturated heterocycles. The van der Waals surface area contributed by atoms with Gasteiger partial charge in [0, 0.05) is 11.4 Å². The number of hydrogen-bond donors (Lipinski definition) is 1. The molecule has 1 aromatic carbocycles. The second-order valence-electron chi connectivity index (χ2n) is 5.52. The van der Waals surface area contributed by atoms with Crippen LogP contribution in [0.15, 0.2) is 29.4 Å². The van der Waals surface area contributed by atoms with Crippen LogP contribution in [0.2, 0.25) is 5.02 Å². The number of nitrogens with zero attached hydrogens (tertiary/aromatic N) is 4. The van der Waals surface area contributed by atoms with Gasteiger partial charge in [-0.25, -0.2) is 13.9 Å². The van der Waals surface area contributed by atoms with Crippen molar-refractivity contribution in [2.24, 2.45) is 0 Å². The summed E-state index contributed by atoms with van der Waals surface area (Å²) in [5, 5.41) is 7.16.